The number of benzene rings is 2. The van der Waals surface area contributed by atoms with Gasteiger partial charge in [0.25, 0.3) is 0 Å². The van der Waals surface area contributed by atoms with Crippen LogP contribution in [0.2, 0.25) is 5.02 Å². The van der Waals surface area contributed by atoms with Gasteiger partial charge in [-0.05, 0) is 52.9 Å². The Bertz CT molecular complexity index is 917. The highest BCUT2D eigenvalue weighted by Gasteiger charge is 2.13. The molecule has 3 rings (SSSR count). The predicted octanol–water partition coefficient (Wildman–Crippen LogP) is 2.76. The van der Waals surface area contributed by atoms with E-state index in [1.165, 1.54) is 22.9 Å². The first kappa shape index (κ1) is 18.0. The third kappa shape index (κ3) is 4.24. The lowest BCUT2D eigenvalue weighted by Crippen LogP contribution is -2.14. The molecule has 1 aromatic heterocycles. The molecule has 8 nitrogen and oxygen atoms in total. The fraction of sp³-hybridized carbons (Fsp3) is 0.125. The molecule has 0 atom stereocenters. The van der Waals surface area contributed by atoms with E-state index in [1.54, 1.807) is 19.2 Å². The first-order valence-electron chi connectivity index (χ1n) is 7.41. The van der Waals surface area contributed by atoms with Gasteiger partial charge in [-0.1, -0.05) is 23.4 Å². The molecule has 1 heterocycles. The van der Waals surface area contributed by atoms with E-state index in [0.29, 0.717) is 10.2 Å². The van der Waals surface area contributed by atoms with Gasteiger partial charge in [-0.3, -0.25) is 4.79 Å². The Morgan fingerprint density at radius 2 is 2.08 bits per heavy atom. The third-order valence-electron chi connectivity index (χ3n) is 3.32. The molecule has 134 valence electrons. The number of anilines is 1. The molecule has 0 saturated carbocycles. The summed E-state index contributed by atoms with van der Waals surface area (Å²) < 4.78 is 6.64. The Morgan fingerprint density at radius 1 is 1.31 bits per heavy atom. The maximum Gasteiger partial charge on any atom is 0.234 e. The minimum atomic E-state index is -0.322. The summed E-state index contributed by atoms with van der Waals surface area (Å²) in [5, 5.41) is 24.7. The number of aromatic nitrogens is 4. The number of carbonyl (C=O) groups excluding carboxylic acids is 1. The Labute approximate surface area is 158 Å². The van der Waals surface area contributed by atoms with Gasteiger partial charge in [0.05, 0.1) is 24.2 Å². The molecule has 0 aliphatic carbocycles. The van der Waals surface area contributed by atoms with Gasteiger partial charge < -0.3 is 15.2 Å². The number of hydrogen-bond acceptors (Lipinski definition) is 7. The summed E-state index contributed by atoms with van der Waals surface area (Å²) in [4.78, 5) is 12.1. The summed E-state index contributed by atoms with van der Waals surface area (Å²) >= 11 is 7.03. The fourth-order valence-corrected chi connectivity index (χ4v) is 2.94. The number of nitrogens with zero attached hydrogens (tertiary/aromatic N) is 4. The van der Waals surface area contributed by atoms with Crippen molar-refractivity contribution in [3.8, 4) is 17.2 Å². The normalized spacial score (nSPS) is 10.5. The molecule has 2 aromatic carbocycles. The standard InChI is InChI=1S/C16H14ClN5O3S/c1-25-12-5-3-11(4-6-12)22-16(19-20-21-22)26-9-15(24)18-13-8-10(17)2-7-14(13)23/h2-8,23H,9H2,1H3,(H,18,24). The van der Waals surface area contributed by atoms with Gasteiger partial charge in [0.2, 0.25) is 11.1 Å². The summed E-state index contributed by atoms with van der Waals surface area (Å²) in [6.07, 6.45) is 0. The molecule has 0 bridgehead atoms. The topological polar surface area (TPSA) is 102 Å². The second kappa shape index (κ2) is 8.07. The number of carbonyl (C=O) groups is 1. The zero-order valence-corrected chi connectivity index (χ0v) is 15.2. The zero-order valence-electron chi connectivity index (χ0n) is 13.6. The van der Waals surface area contributed by atoms with Gasteiger partial charge in [-0.15, -0.1) is 5.10 Å². The van der Waals surface area contributed by atoms with Crippen molar-refractivity contribution in [3.05, 3.63) is 47.5 Å². The quantitative estimate of drug-likeness (QED) is 0.492. The van der Waals surface area contributed by atoms with Crippen LogP contribution in [0.3, 0.4) is 0 Å². The number of ether oxygens (including phenoxy) is 1. The van der Waals surface area contributed by atoms with Gasteiger partial charge in [0.15, 0.2) is 0 Å². The van der Waals surface area contributed by atoms with Crippen LogP contribution in [0.5, 0.6) is 11.5 Å². The van der Waals surface area contributed by atoms with Crippen LogP contribution >= 0.6 is 23.4 Å². The van der Waals surface area contributed by atoms with Crippen molar-refractivity contribution in [2.75, 3.05) is 18.2 Å². The van der Waals surface area contributed by atoms with E-state index in [1.807, 2.05) is 12.1 Å². The van der Waals surface area contributed by atoms with Crippen LogP contribution in [0.15, 0.2) is 47.6 Å². The van der Waals surface area contributed by atoms with Crippen molar-refractivity contribution in [1.29, 1.82) is 0 Å². The summed E-state index contributed by atoms with van der Waals surface area (Å²) in [6.45, 7) is 0. The van der Waals surface area contributed by atoms with Crippen molar-refractivity contribution in [1.82, 2.24) is 20.2 Å². The average molecular weight is 392 g/mol. The highest BCUT2D eigenvalue weighted by Crippen LogP contribution is 2.27. The highest BCUT2D eigenvalue weighted by atomic mass is 35.5. The van der Waals surface area contributed by atoms with Crippen LogP contribution in [0.1, 0.15) is 0 Å². The van der Waals surface area contributed by atoms with Gasteiger partial charge in [-0.2, -0.15) is 4.68 Å². The molecule has 26 heavy (non-hydrogen) atoms. The van der Waals surface area contributed by atoms with Crippen LogP contribution in [0, 0.1) is 0 Å². The summed E-state index contributed by atoms with van der Waals surface area (Å²) in [6, 6.07) is 11.6. The van der Waals surface area contributed by atoms with E-state index in [4.69, 9.17) is 16.3 Å². The SMILES string of the molecule is COc1ccc(-n2nnnc2SCC(=O)Nc2cc(Cl)ccc2O)cc1. The summed E-state index contributed by atoms with van der Waals surface area (Å²) in [5.41, 5.74) is 0.990. The minimum absolute atomic E-state index is 0.0580. The Balaban J connectivity index is 1.66. The van der Waals surface area contributed by atoms with Crippen LogP contribution < -0.4 is 10.1 Å². The second-order valence-electron chi connectivity index (χ2n) is 5.07. The molecule has 0 saturated heterocycles. The van der Waals surface area contributed by atoms with E-state index >= 15 is 0 Å². The Hall–Kier alpha value is -2.78. The number of phenolic OH excluding ortho intramolecular Hbond substituents is 1. The average Bonchev–Trinajstić information content (AvgIpc) is 3.12. The van der Waals surface area contributed by atoms with E-state index in [9.17, 15) is 9.90 Å². The number of thioether (sulfide) groups is 1. The first-order chi connectivity index (χ1) is 12.6. The van der Waals surface area contributed by atoms with Crippen molar-refractivity contribution in [3.63, 3.8) is 0 Å². The highest BCUT2D eigenvalue weighted by molar-refractivity contribution is 7.99. The van der Waals surface area contributed by atoms with E-state index in [2.05, 4.69) is 20.8 Å². The Morgan fingerprint density at radius 3 is 2.81 bits per heavy atom. The van der Waals surface area contributed by atoms with Gasteiger partial charge in [0.1, 0.15) is 11.5 Å². The van der Waals surface area contributed by atoms with E-state index in [0.717, 1.165) is 23.2 Å². The molecule has 0 fully saturated rings. The van der Waals surface area contributed by atoms with Crippen molar-refractivity contribution in [2.24, 2.45) is 0 Å². The molecular formula is C16H14ClN5O3S. The molecule has 0 aliphatic rings. The number of methoxy groups -OCH3 is 1. The molecule has 0 radical (unpaired) electrons. The lowest BCUT2D eigenvalue weighted by Gasteiger charge is -2.08. The lowest BCUT2D eigenvalue weighted by atomic mass is 10.3. The summed E-state index contributed by atoms with van der Waals surface area (Å²) in [7, 11) is 1.59. The van der Waals surface area contributed by atoms with Crippen molar-refractivity contribution in [2.45, 2.75) is 5.16 Å². The smallest absolute Gasteiger partial charge is 0.234 e. The number of tetrazole rings is 1. The molecule has 0 spiro atoms. The maximum atomic E-state index is 12.1. The number of nitrogens with one attached hydrogen (secondary N) is 1. The zero-order chi connectivity index (χ0) is 18.5. The largest absolute Gasteiger partial charge is 0.506 e. The molecule has 0 aliphatic heterocycles. The monoisotopic (exact) mass is 391 g/mol. The molecule has 0 unspecified atom stereocenters. The fourth-order valence-electron chi connectivity index (χ4n) is 2.08. The van der Waals surface area contributed by atoms with Crippen LogP contribution in [-0.2, 0) is 4.79 Å². The third-order valence-corrected chi connectivity index (χ3v) is 4.48. The first-order valence-corrected chi connectivity index (χ1v) is 8.77. The second-order valence-corrected chi connectivity index (χ2v) is 6.45. The van der Waals surface area contributed by atoms with Gasteiger partial charge in [-0.25, -0.2) is 0 Å². The number of halogens is 1. The Kier molecular flexibility index (Phi) is 5.59. The number of aromatic hydroxyl groups is 1. The maximum absolute atomic E-state index is 12.1. The molecule has 3 aromatic rings. The van der Waals surface area contributed by atoms with Crippen LogP contribution in [0.4, 0.5) is 5.69 Å². The van der Waals surface area contributed by atoms with E-state index in [-0.39, 0.29) is 23.1 Å². The number of phenols is 1. The summed E-state index contributed by atoms with van der Waals surface area (Å²) in [5.74, 6) is 0.395. The molecule has 2 N–H and O–H groups in total. The predicted molar refractivity (Wildman–Crippen MR) is 98.2 cm³/mol. The number of hydrogen-bond donors (Lipinski definition) is 2. The van der Waals surface area contributed by atoms with Crippen LogP contribution in [0.25, 0.3) is 5.69 Å². The van der Waals surface area contributed by atoms with Crippen molar-refractivity contribution < 1.29 is 14.6 Å². The molecule has 10 heteroatoms. The lowest BCUT2D eigenvalue weighted by molar-refractivity contribution is -0.113. The van der Waals surface area contributed by atoms with Crippen molar-refractivity contribution >= 4 is 35.0 Å². The van der Waals surface area contributed by atoms with Gasteiger partial charge >= 0.3 is 0 Å². The number of rotatable bonds is 6. The number of amides is 1. The molecular weight excluding hydrogens is 378 g/mol. The van der Waals surface area contributed by atoms with E-state index < -0.39 is 0 Å². The van der Waals surface area contributed by atoms with Gasteiger partial charge in [0, 0.05) is 5.02 Å². The minimum Gasteiger partial charge on any atom is -0.506 e. The van der Waals surface area contributed by atoms with Crippen LogP contribution in [-0.4, -0.2) is 44.1 Å². The molecule has 1 amide bonds.